The van der Waals surface area contributed by atoms with E-state index in [0.717, 1.165) is 77.0 Å². The van der Waals surface area contributed by atoms with Crippen LogP contribution < -0.4 is 5.32 Å². The van der Waals surface area contributed by atoms with Crippen LogP contribution in [-0.4, -0.2) is 46.9 Å². The lowest BCUT2D eigenvalue weighted by Gasteiger charge is -2.24. The van der Waals surface area contributed by atoms with Crippen LogP contribution in [0.3, 0.4) is 0 Å². The van der Waals surface area contributed by atoms with E-state index in [-0.39, 0.29) is 24.9 Å². The van der Waals surface area contributed by atoms with Crippen molar-refractivity contribution in [2.24, 2.45) is 0 Å². The summed E-state index contributed by atoms with van der Waals surface area (Å²) in [6.07, 6.45) is 54.9. The fourth-order valence-electron chi connectivity index (χ4n) is 7.77. The van der Waals surface area contributed by atoms with Gasteiger partial charge in [0.15, 0.2) is 0 Å². The Labute approximate surface area is 366 Å². The van der Waals surface area contributed by atoms with Crippen molar-refractivity contribution in [1.29, 1.82) is 0 Å². The fraction of sp³-hybridized carbons (Fsp3) is 0.849. The number of rotatable bonds is 46. The van der Waals surface area contributed by atoms with Crippen LogP contribution >= 0.6 is 0 Å². The largest absolute Gasteiger partial charge is 0.462 e. The maximum Gasteiger partial charge on any atom is 0.306 e. The molecule has 1 amide bonds. The van der Waals surface area contributed by atoms with Gasteiger partial charge in [0.05, 0.1) is 25.2 Å². The number of aliphatic hydroxyl groups is 2. The number of nitrogens with one attached hydrogen (secondary N) is 1. The summed E-state index contributed by atoms with van der Waals surface area (Å²) in [5.41, 5.74) is 0. The normalized spacial score (nSPS) is 13.5. The molecular formula is C53H99NO5. The summed E-state index contributed by atoms with van der Waals surface area (Å²) < 4.78 is 5.91. The minimum atomic E-state index is -0.793. The van der Waals surface area contributed by atoms with Crippen molar-refractivity contribution in [2.45, 2.75) is 283 Å². The van der Waals surface area contributed by atoms with Crippen molar-refractivity contribution in [2.75, 3.05) is 6.61 Å². The number of carbonyl (C=O) groups excluding carboxylic acids is 2. The summed E-state index contributed by atoms with van der Waals surface area (Å²) in [5.74, 6) is -0.504. The molecule has 3 unspecified atom stereocenters. The molecule has 3 atom stereocenters. The molecule has 0 spiro atoms. The van der Waals surface area contributed by atoms with E-state index in [4.69, 9.17) is 4.74 Å². The van der Waals surface area contributed by atoms with Crippen LogP contribution in [0.15, 0.2) is 36.5 Å². The van der Waals surface area contributed by atoms with Crippen LogP contribution in [0.5, 0.6) is 0 Å². The van der Waals surface area contributed by atoms with E-state index < -0.39 is 18.2 Å². The van der Waals surface area contributed by atoms with Crippen molar-refractivity contribution >= 4 is 11.9 Å². The highest BCUT2D eigenvalue weighted by atomic mass is 16.5. The number of unbranched alkanes of at least 4 members (excludes halogenated alkanes) is 29. The first-order valence-electron chi connectivity index (χ1n) is 25.7. The average Bonchev–Trinajstić information content (AvgIpc) is 3.23. The third-order valence-corrected chi connectivity index (χ3v) is 11.7. The lowest BCUT2D eigenvalue weighted by molar-refractivity contribution is -0.151. The SMILES string of the molecule is CCCCC/C=C\CCCCCCCC(=O)OC(CCCCC/C=C/C=C/CCCCCCCCC)CC(=O)NC(CO)C(O)CCCCCCCCCCCCCC. The van der Waals surface area contributed by atoms with Gasteiger partial charge in [-0.1, -0.05) is 211 Å². The number of ether oxygens (including phenoxy) is 1. The topological polar surface area (TPSA) is 95.9 Å². The summed E-state index contributed by atoms with van der Waals surface area (Å²) in [6, 6.07) is -0.709. The number of esters is 1. The van der Waals surface area contributed by atoms with Crippen LogP contribution in [0.1, 0.15) is 265 Å². The Morgan fingerprint density at radius 2 is 0.864 bits per heavy atom. The molecule has 6 heteroatoms. The van der Waals surface area contributed by atoms with Crippen molar-refractivity contribution in [3.63, 3.8) is 0 Å². The summed E-state index contributed by atoms with van der Waals surface area (Å²) in [6.45, 7) is 6.45. The fourth-order valence-corrected chi connectivity index (χ4v) is 7.77. The van der Waals surface area contributed by atoms with E-state index in [1.165, 1.54) is 141 Å². The molecule has 0 aromatic carbocycles. The van der Waals surface area contributed by atoms with Gasteiger partial charge in [-0.2, -0.15) is 0 Å². The zero-order chi connectivity index (χ0) is 43.1. The van der Waals surface area contributed by atoms with Crippen LogP contribution in [0.4, 0.5) is 0 Å². The molecule has 0 saturated carbocycles. The van der Waals surface area contributed by atoms with Gasteiger partial charge in [-0.25, -0.2) is 0 Å². The summed E-state index contributed by atoms with van der Waals surface area (Å²) in [4.78, 5) is 26.1. The van der Waals surface area contributed by atoms with Gasteiger partial charge >= 0.3 is 5.97 Å². The third-order valence-electron chi connectivity index (χ3n) is 11.7. The molecule has 0 rings (SSSR count). The van der Waals surface area contributed by atoms with E-state index in [1.807, 2.05) is 0 Å². The minimum absolute atomic E-state index is 0.0585. The molecular weight excluding hydrogens is 731 g/mol. The Morgan fingerprint density at radius 3 is 1.36 bits per heavy atom. The zero-order valence-corrected chi connectivity index (χ0v) is 39.4. The average molecular weight is 830 g/mol. The maximum atomic E-state index is 13.2. The predicted molar refractivity (Wildman–Crippen MR) is 255 cm³/mol. The number of amides is 1. The molecule has 0 bridgehead atoms. The van der Waals surface area contributed by atoms with E-state index in [2.05, 4.69) is 62.5 Å². The third kappa shape index (κ3) is 42.6. The highest BCUT2D eigenvalue weighted by Gasteiger charge is 2.24. The lowest BCUT2D eigenvalue weighted by atomic mass is 10.0. The highest BCUT2D eigenvalue weighted by molar-refractivity contribution is 5.77. The van der Waals surface area contributed by atoms with Crippen molar-refractivity contribution in [3.05, 3.63) is 36.5 Å². The van der Waals surface area contributed by atoms with E-state index in [9.17, 15) is 19.8 Å². The van der Waals surface area contributed by atoms with Crippen LogP contribution in [0.25, 0.3) is 0 Å². The number of aliphatic hydroxyl groups excluding tert-OH is 2. The molecule has 0 aliphatic heterocycles. The molecule has 0 radical (unpaired) electrons. The highest BCUT2D eigenvalue weighted by Crippen LogP contribution is 2.17. The van der Waals surface area contributed by atoms with E-state index >= 15 is 0 Å². The Hall–Kier alpha value is -1.92. The maximum absolute atomic E-state index is 13.2. The van der Waals surface area contributed by atoms with Gasteiger partial charge in [-0.3, -0.25) is 9.59 Å². The van der Waals surface area contributed by atoms with Crippen LogP contribution in [0.2, 0.25) is 0 Å². The first kappa shape index (κ1) is 57.1. The van der Waals surface area contributed by atoms with Gasteiger partial charge in [0, 0.05) is 6.42 Å². The van der Waals surface area contributed by atoms with Crippen molar-refractivity contribution in [3.8, 4) is 0 Å². The Balaban J connectivity index is 4.64. The van der Waals surface area contributed by atoms with Gasteiger partial charge in [0.1, 0.15) is 6.10 Å². The Morgan fingerprint density at radius 1 is 0.492 bits per heavy atom. The van der Waals surface area contributed by atoms with Crippen LogP contribution in [-0.2, 0) is 14.3 Å². The molecule has 0 aromatic heterocycles. The molecule has 0 aliphatic rings. The van der Waals surface area contributed by atoms with Gasteiger partial charge in [0.25, 0.3) is 0 Å². The molecule has 0 fully saturated rings. The predicted octanol–water partition coefficient (Wildman–Crippen LogP) is 15.3. The Kier molecular flexibility index (Phi) is 45.6. The van der Waals surface area contributed by atoms with Gasteiger partial charge in [-0.05, 0) is 77.0 Å². The second kappa shape index (κ2) is 47.1. The van der Waals surface area contributed by atoms with Crippen molar-refractivity contribution < 1.29 is 24.5 Å². The van der Waals surface area contributed by atoms with Gasteiger partial charge in [-0.15, -0.1) is 0 Å². The number of carbonyl (C=O) groups is 2. The molecule has 0 saturated heterocycles. The molecule has 0 aliphatic carbocycles. The monoisotopic (exact) mass is 830 g/mol. The molecule has 59 heavy (non-hydrogen) atoms. The van der Waals surface area contributed by atoms with E-state index in [0.29, 0.717) is 19.3 Å². The smallest absolute Gasteiger partial charge is 0.306 e. The van der Waals surface area contributed by atoms with Crippen LogP contribution in [0, 0.1) is 0 Å². The van der Waals surface area contributed by atoms with Gasteiger partial charge in [0.2, 0.25) is 5.91 Å². The standard InChI is InChI=1S/C53H99NO5/c1-4-7-10-13-16-19-22-25-26-27-28-29-32-35-38-41-44-49(59-53(58)46-43-40-37-34-31-24-21-18-15-12-9-6-3)47-52(57)54-50(48-55)51(56)45-42-39-36-33-30-23-20-17-14-11-8-5-2/h18,21,26-29,49-51,55-56H,4-17,19-20,22-25,30-48H2,1-3H3,(H,54,57)/b21-18-,27-26+,29-28+. The molecule has 0 heterocycles. The number of allylic oxidation sites excluding steroid dienone is 6. The molecule has 6 nitrogen and oxygen atoms in total. The minimum Gasteiger partial charge on any atom is -0.462 e. The molecule has 346 valence electrons. The first-order chi connectivity index (χ1) is 29.0. The summed E-state index contributed by atoms with van der Waals surface area (Å²) >= 11 is 0. The quantitative estimate of drug-likeness (QED) is 0.0246. The second-order valence-electron chi connectivity index (χ2n) is 17.6. The second-order valence-corrected chi connectivity index (χ2v) is 17.6. The number of hydrogen-bond donors (Lipinski definition) is 3. The Bertz CT molecular complexity index is 977. The van der Waals surface area contributed by atoms with Gasteiger partial charge < -0.3 is 20.3 Å². The molecule has 0 aromatic rings. The first-order valence-corrected chi connectivity index (χ1v) is 25.7. The zero-order valence-electron chi connectivity index (χ0n) is 39.4. The molecule has 3 N–H and O–H groups in total. The van der Waals surface area contributed by atoms with E-state index in [1.54, 1.807) is 0 Å². The summed E-state index contributed by atoms with van der Waals surface area (Å²) in [5, 5.41) is 23.7. The lowest BCUT2D eigenvalue weighted by Crippen LogP contribution is -2.46. The number of hydrogen-bond acceptors (Lipinski definition) is 5. The van der Waals surface area contributed by atoms with Crippen molar-refractivity contribution in [1.82, 2.24) is 5.32 Å². The summed E-state index contributed by atoms with van der Waals surface area (Å²) in [7, 11) is 0.